The van der Waals surface area contributed by atoms with Crippen molar-refractivity contribution in [2.75, 3.05) is 58.2 Å². The fourth-order valence-electron chi connectivity index (χ4n) is 15.5. The van der Waals surface area contributed by atoms with Crippen molar-refractivity contribution < 1.29 is 140 Å². The lowest BCUT2D eigenvalue weighted by Gasteiger charge is -2.48. The van der Waals surface area contributed by atoms with Gasteiger partial charge in [0.05, 0.1) is 41.3 Å². The van der Waals surface area contributed by atoms with Crippen LogP contribution < -0.4 is 94.5 Å². The van der Waals surface area contributed by atoms with Gasteiger partial charge in [-0.2, -0.15) is 0 Å². The molecule has 6 aromatic carbocycles. The van der Waals surface area contributed by atoms with Crippen LogP contribution in [0.2, 0.25) is 10.0 Å². The van der Waals surface area contributed by atoms with Crippen LogP contribution in [0.3, 0.4) is 0 Å². The number of aliphatic hydroxyl groups excluding tert-OH is 6. The first-order chi connectivity index (χ1) is 60.5. The Morgan fingerprint density at radius 2 is 1.32 bits per heavy atom. The molecule has 3 fully saturated rings. The Labute approximate surface area is 736 Å². The molecule has 128 heavy (non-hydrogen) atoms. The number of aliphatic hydroxyl groups is 6. The molecular weight excluding hydrogens is 1740 g/mol. The number of ether oxygens (including phenoxy) is 7. The van der Waals surface area contributed by atoms with E-state index in [-0.39, 0.29) is 47.9 Å². The van der Waals surface area contributed by atoms with Crippen LogP contribution >= 0.6 is 23.2 Å². The molecule has 0 spiro atoms. The van der Waals surface area contributed by atoms with E-state index < -0.39 is 272 Å². The smallest absolute Gasteiger partial charge is 0.508 e. The highest BCUT2D eigenvalue weighted by Gasteiger charge is 2.53. The van der Waals surface area contributed by atoms with Crippen LogP contribution in [0, 0.1) is 5.92 Å². The summed E-state index contributed by atoms with van der Waals surface area (Å²) >= 11 is 14.3. The highest BCUT2D eigenvalue weighted by Crippen LogP contribution is 2.50. The minimum absolute atomic E-state index is 0.133. The van der Waals surface area contributed by atoms with Crippen molar-refractivity contribution in [1.29, 1.82) is 0 Å². The molecule has 14 rings (SSSR count). The number of piperazine rings is 1. The van der Waals surface area contributed by atoms with E-state index in [9.17, 15) is 83.1 Å². The zero-order valence-electron chi connectivity index (χ0n) is 68.7. The number of hydrazine groups is 2. The van der Waals surface area contributed by atoms with Crippen molar-refractivity contribution in [3.05, 3.63) is 141 Å². The zero-order chi connectivity index (χ0) is 92.8. The summed E-state index contributed by atoms with van der Waals surface area (Å²) in [5.74, 6) is -16.6. The normalized spacial score (nSPS) is 26.7. The molecule has 0 aromatic heterocycles. The van der Waals surface area contributed by atoms with Gasteiger partial charge in [0.1, 0.15) is 101 Å². The number of fused-ring (bicyclic) bond motifs is 15. The zero-order valence-corrected chi connectivity index (χ0v) is 70.2. The number of nitrogens with zero attached hydrogens (tertiary/aromatic N) is 2. The van der Waals surface area contributed by atoms with Gasteiger partial charge in [-0.25, -0.2) is 20.0 Å². The third-order valence-corrected chi connectivity index (χ3v) is 22.6. The van der Waals surface area contributed by atoms with E-state index in [1.807, 2.05) is 10.9 Å². The van der Waals surface area contributed by atoms with Crippen molar-refractivity contribution >= 4 is 88.2 Å². The molecule has 47 heteroatoms. The lowest BCUT2D eigenvalue weighted by Crippen LogP contribution is -2.66. The SMILES string of the molecule is CN[C@H](CC(C)C)C(=O)N[C@H]1C(=O)N[C@@H](CC(N)=O)C(=O)N[C@H]2C(=O)N[C@H]3C(=O)N[C@H](C(=O)N[C@@H](C(=O)NNC(N)=O)c4cc(O)cc(O)c4-c4cc3ccc4O)[C@H](O)c3ccc(c(Cl)c3)Oc3cc2cc(c3O[C@@H]2O[C@H](CO)[C@@H](O)[C@H](O)[C@H]2O[C@H]2C[C@](C)(NCCN3CCN(NC(=O)Nc4ccc(OC(F)(F)F)cc4)CC3)[C@H](O)[C@H](C)O2)Oc2ccc(cc2Cl)[C@H]1O. The summed E-state index contributed by atoms with van der Waals surface area (Å²) in [5, 5.41) is 131. The van der Waals surface area contributed by atoms with E-state index in [1.165, 1.54) is 38.2 Å². The highest BCUT2D eigenvalue weighted by atomic mass is 35.5. The van der Waals surface area contributed by atoms with Gasteiger partial charge in [0, 0.05) is 74.1 Å². The van der Waals surface area contributed by atoms with Gasteiger partial charge in [-0.05, 0) is 140 Å². The maximum Gasteiger partial charge on any atom is 0.573 e. The summed E-state index contributed by atoms with van der Waals surface area (Å²) in [6.45, 7) is 7.85. The number of hydrogen-bond donors (Lipinski definition) is 23. The molecule has 0 saturated carbocycles. The maximum atomic E-state index is 16.3. The second-order valence-electron chi connectivity index (χ2n) is 31.7. The minimum Gasteiger partial charge on any atom is -0.508 e. The topological polar surface area (TPSA) is 620 Å². The fourth-order valence-corrected chi connectivity index (χ4v) is 15.9. The van der Waals surface area contributed by atoms with Gasteiger partial charge in [0.15, 0.2) is 23.9 Å². The Bertz CT molecular complexity index is 5180. The molecule has 3 saturated heterocycles. The van der Waals surface area contributed by atoms with Gasteiger partial charge in [-0.3, -0.25) is 54.1 Å². The first-order valence-corrected chi connectivity index (χ1v) is 40.8. The van der Waals surface area contributed by atoms with Crippen LogP contribution in [0.5, 0.6) is 51.7 Å². The second kappa shape index (κ2) is 40.2. The molecule has 0 unspecified atom stereocenters. The number of phenols is 3. The third-order valence-electron chi connectivity index (χ3n) is 22.0. The molecule has 690 valence electrons. The van der Waals surface area contributed by atoms with Gasteiger partial charge >= 0.3 is 18.4 Å². The fraction of sp³-hybridized carbons (Fsp3) is 0.432. The van der Waals surface area contributed by atoms with E-state index >= 15 is 24.0 Å². The summed E-state index contributed by atoms with van der Waals surface area (Å²) in [6, 6.07) is 1.34. The Balaban J connectivity index is 0.962. The van der Waals surface area contributed by atoms with Gasteiger partial charge < -0.3 is 138 Å². The number of amides is 12. The van der Waals surface area contributed by atoms with Gasteiger partial charge in [0.25, 0.3) is 5.91 Å². The summed E-state index contributed by atoms with van der Waals surface area (Å²) < 4.78 is 81.5. The monoisotopic (exact) mass is 1830 g/mol. The summed E-state index contributed by atoms with van der Waals surface area (Å²) in [5.41, 5.74) is 13.4. The number of likely N-dealkylation sites (N-methyl/N-ethyl adjacent to an activating group) is 1. The number of nitrogens with two attached hydrogens (primary N) is 2. The summed E-state index contributed by atoms with van der Waals surface area (Å²) in [7, 11) is 1.46. The van der Waals surface area contributed by atoms with Crippen LogP contribution in [-0.2, 0) is 52.6 Å². The molecule has 8 aliphatic heterocycles. The first-order valence-electron chi connectivity index (χ1n) is 40.0. The van der Waals surface area contributed by atoms with Gasteiger partial charge in [-0.15, -0.1) is 13.2 Å². The van der Waals surface area contributed by atoms with Crippen molar-refractivity contribution in [3.8, 4) is 62.9 Å². The number of nitrogens with one attached hydrogen (secondary N) is 12. The number of hydrogen-bond acceptors (Lipinski definition) is 30. The molecule has 11 bridgehead atoms. The van der Waals surface area contributed by atoms with Crippen molar-refractivity contribution in [3.63, 3.8) is 0 Å². The second-order valence-corrected chi connectivity index (χ2v) is 32.5. The molecule has 12 amide bonds. The summed E-state index contributed by atoms with van der Waals surface area (Å²) in [6.07, 6.45) is -24.3. The number of rotatable bonds is 20. The molecule has 0 aliphatic carbocycles. The number of anilines is 1. The van der Waals surface area contributed by atoms with Crippen molar-refractivity contribution in [1.82, 2.24) is 68.7 Å². The average Bonchev–Trinajstić information content (AvgIpc) is 0.764. The standard InChI is InChI=1S/C81H95Cl2F3N16O26/c1-33(2)22-46(89-5)70(113)96-61-63(108)36-7-14-50(44(82)24-36)123-52-26-38-27-53(67(52)127-77-68(66(111)65(110)54(32-103)125-77)126-56-31-80(4,69(112)34(3)122-56)90-16-17-101-18-20-102(21-19-101)100-79(121)91-39-9-11-41(12-10-39)128-81(84,85)86)124-51-15-8-37(25-45(51)83)64(109)62-75(118)95-60(76(119)98-99-78(88)120)43-28-40(104)29-49(106)57(43)42-23-35(6-13-48(42)105)58(72(115)97-62)94-73(116)59(38)93-71(114)47(30-55(87)107)92-74(61)117/h6-15,23-29,33-34,46-47,54,56,58-66,68-69,77,89-90,103-106,108-112H,16-22,30-32H2,1-5H3,(H2,87,107)(H,92,117)(H,93,114)(H,94,116)(H,95,118)(H,96,113)(H,97,115)(H,98,119)(H3,88,99,120)(H2,91,100,121)/t34-,46+,47-,54+,56-,58+,59+,60+,61+,62-,63+,64+,65+,66-,68+,69+,77-,80-/m0/s1. The van der Waals surface area contributed by atoms with E-state index in [0.29, 0.717) is 32.7 Å². The van der Waals surface area contributed by atoms with Crippen LogP contribution in [-0.4, -0.2) is 253 Å². The Kier molecular flexibility index (Phi) is 29.9. The number of aromatic hydroxyl groups is 3. The number of urea groups is 2. The molecule has 8 aliphatic rings. The lowest BCUT2D eigenvalue weighted by atomic mass is 9.85. The number of halogens is 5. The molecule has 42 nitrogen and oxygen atoms in total. The van der Waals surface area contributed by atoms with Crippen LogP contribution in [0.4, 0.5) is 28.4 Å². The largest absolute Gasteiger partial charge is 0.573 e. The number of primary amides is 2. The van der Waals surface area contributed by atoms with Crippen LogP contribution in [0.1, 0.15) is 105 Å². The van der Waals surface area contributed by atoms with E-state index in [2.05, 4.69) is 62.9 Å². The molecular formula is C81H95Cl2F3N16O26. The maximum absolute atomic E-state index is 16.3. The molecule has 0 radical (unpaired) electrons. The number of carbonyl (C=O) groups excluding carboxylic acids is 10. The molecule has 8 heterocycles. The van der Waals surface area contributed by atoms with Crippen LogP contribution in [0.25, 0.3) is 11.1 Å². The quantitative estimate of drug-likeness (QED) is 0.0466. The average molecular weight is 1840 g/mol. The lowest BCUT2D eigenvalue weighted by molar-refractivity contribution is -0.334. The van der Waals surface area contributed by atoms with Gasteiger partial charge in [-0.1, -0.05) is 55.2 Å². The Hall–Kier alpha value is -11.9. The number of benzene rings is 6. The van der Waals surface area contributed by atoms with E-state index in [0.717, 1.165) is 78.9 Å². The predicted octanol–water partition coefficient (Wildman–Crippen LogP) is 0.605. The predicted molar refractivity (Wildman–Crippen MR) is 440 cm³/mol. The molecule has 18 atom stereocenters. The van der Waals surface area contributed by atoms with Crippen LogP contribution in [0.15, 0.2) is 103 Å². The number of alkyl halides is 3. The Morgan fingerprint density at radius 1 is 0.695 bits per heavy atom. The molecule has 25 N–H and O–H groups in total. The summed E-state index contributed by atoms with van der Waals surface area (Å²) in [4.78, 5) is 147. The van der Waals surface area contributed by atoms with E-state index in [1.54, 1.807) is 25.8 Å². The van der Waals surface area contributed by atoms with Crippen molar-refractivity contribution in [2.24, 2.45) is 17.4 Å². The van der Waals surface area contributed by atoms with Crippen molar-refractivity contribution in [2.45, 2.75) is 163 Å². The minimum atomic E-state index is -4.91. The van der Waals surface area contributed by atoms with Gasteiger partial charge in [0.2, 0.25) is 53.4 Å². The third kappa shape index (κ3) is 22.4. The number of carbonyl (C=O) groups is 10. The Morgan fingerprint density at radius 3 is 1.93 bits per heavy atom. The number of phenolic OH excluding ortho intramolecular Hbond substituents is 3. The molecule has 6 aromatic rings. The first kappa shape index (κ1) is 95.2. The van der Waals surface area contributed by atoms with E-state index in [4.69, 9.17) is 63.1 Å². The highest BCUT2D eigenvalue weighted by molar-refractivity contribution is 6.32.